The van der Waals surface area contributed by atoms with Crippen LogP contribution in [0, 0.1) is 23.2 Å². The summed E-state index contributed by atoms with van der Waals surface area (Å²) in [7, 11) is 0. The van der Waals surface area contributed by atoms with Gasteiger partial charge in [0.15, 0.2) is 0 Å². The average Bonchev–Trinajstić information content (AvgIpc) is 1.89. The maximum Gasteiger partial charge on any atom is 0.0336 e. The van der Waals surface area contributed by atoms with E-state index in [1.807, 2.05) is 0 Å². The van der Waals surface area contributed by atoms with Crippen LogP contribution in [0.1, 0.15) is 5.56 Å². The number of benzene rings is 1. The van der Waals surface area contributed by atoms with Crippen LogP contribution >= 0.6 is 0 Å². The van der Waals surface area contributed by atoms with Crippen LogP contribution in [-0.4, -0.2) is 0 Å². The van der Waals surface area contributed by atoms with Crippen LogP contribution in [0.3, 0.4) is 0 Å². The van der Waals surface area contributed by atoms with Gasteiger partial charge >= 0.3 is 0 Å². The Kier molecular flexibility index (Phi) is 4.43. The Bertz CT molecular complexity index is 254. The summed E-state index contributed by atoms with van der Waals surface area (Å²) in [5, 5.41) is 8.21. The molecule has 0 amide bonds. The van der Waals surface area contributed by atoms with Gasteiger partial charge in [-0.15, -0.1) is 6.07 Å². The zero-order chi connectivity index (χ0) is 6.69. The summed E-state index contributed by atoms with van der Waals surface area (Å²) in [6.07, 6.45) is 0. The molecule has 1 radical (unpaired) electrons. The molecule has 0 saturated carbocycles. The van der Waals surface area contributed by atoms with E-state index in [4.69, 9.17) is 5.26 Å². The summed E-state index contributed by atoms with van der Waals surface area (Å²) >= 11 is 0. The van der Waals surface area contributed by atoms with Gasteiger partial charge in [-0.1, -0.05) is 0 Å². The van der Waals surface area contributed by atoms with Crippen LogP contribution < -0.4 is 0 Å². The Hall–Kier alpha value is -0.256. The molecule has 0 N–H and O–H groups in total. The Labute approximate surface area is 83.7 Å². The zero-order valence-corrected chi connectivity index (χ0v) is 7.97. The van der Waals surface area contributed by atoms with E-state index in [1.54, 1.807) is 6.07 Å². The molecule has 3 heteroatoms. The molecule has 0 aliphatic carbocycles. The second-order valence-corrected chi connectivity index (χ2v) is 1.52. The molecule has 47 valence electrons. The molecule has 10 heavy (non-hydrogen) atoms. The fourth-order valence-corrected chi connectivity index (χ4v) is 0.497. The predicted molar refractivity (Wildman–Crippen MR) is 30.0 cm³/mol. The first kappa shape index (κ1) is 9.74. The smallest absolute Gasteiger partial charge is 0.0336 e. The van der Waals surface area contributed by atoms with Crippen molar-refractivity contribution in [2.24, 2.45) is 0 Å². The summed E-state index contributed by atoms with van der Waals surface area (Å²) in [4.78, 5) is 0. The van der Waals surface area contributed by atoms with Gasteiger partial charge < -0.3 is 0 Å². The van der Waals surface area contributed by atoms with Crippen molar-refractivity contribution in [3.63, 3.8) is 0 Å². The van der Waals surface area contributed by atoms with E-state index in [0.717, 1.165) is 0 Å². The van der Waals surface area contributed by atoms with Crippen LogP contribution in [-0.2, 0) is 32.7 Å². The third kappa shape index (κ3) is 2.17. The Morgan fingerprint density at radius 1 is 1.60 bits per heavy atom. The van der Waals surface area contributed by atoms with Crippen molar-refractivity contribution in [2.45, 2.75) is 0 Å². The number of hydrogen-bond donors (Lipinski definition) is 0. The number of hydrogen-bond acceptors (Lipinski definition) is 1. The van der Waals surface area contributed by atoms with Gasteiger partial charge in [-0.2, -0.15) is 18.2 Å². The maximum atomic E-state index is 12.3. The Morgan fingerprint density at radius 2 is 2.30 bits per heavy atom. The average molecular weight is 209 g/mol. The van der Waals surface area contributed by atoms with E-state index in [-0.39, 0.29) is 38.3 Å². The summed E-state index contributed by atoms with van der Waals surface area (Å²) in [5.74, 6) is -0.490. The van der Waals surface area contributed by atoms with Crippen molar-refractivity contribution >= 4 is 0 Å². The molecule has 1 nitrogen and oxygen atoms in total. The predicted octanol–water partition coefficient (Wildman–Crippen LogP) is 1.50. The summed E-state index contributed by atoms with van der Waals surface area (Å²) in [5.41, 5.74) is 0.0394. The molecule has 0 unspecified atom stereocenters. The van der Waals surface area contributed by atoms with E-state index in [1.165, 1.54) is 18.2 Å². The van der Waals surface area contributed by atoms with Gasteiger partial charge in [0.05, 0.1) is 0 Å². The van der Waals surface area contributed by atoms with Gasteiger partial charge in [0.2, 0.25) is 0 Å². The van der Waals surface area contributed by atoms with Gasteiger partial charge in [-0.3, -0.25) is 0 Å². The number of halogens is 1. The number of nitrogens with zero attached hydrogens (tertiary/aromatic N) is 1. The van der Waals surface area contributed by atoms with Crippen molar-refractivity contribution in [1.82, 2.24) is 0 Å². The normalized spacial score (nSPS) is 7.60. The SMILES string of the molecule is N#Cc1c[c-]ccc1F.[Y]. The molecule has 0 aliphatic rings. The van der Waals surface area contributed by atoms with Crippen molar-refractivity contribution in [1.29, 1.82) is 5.26 Å². The Morgan fingerprint density at radius 3 is 2.70 bits per heavy atom. The molecule has 0 fully saturated rings. The minimum atomic E-state index is -0.490. The number of rotatable bonds is 0. The van der Waals surface area contributed by atoms with Gasteiger partial charge in [-0.25, -0.2) is 9.65 Å². The second kappa shape index (κ2) is 4.54. The van der Waals surface area contributed by atoms with Crippen molar-refractivity contribution in [3.8, 4) is 6.07 Å². The van der Waals surface area contributed by atoms with Crippen LogP contribution in [0.2, 0.25) is 0 Å². The fourth-order valence-electron chi connectivity index (χ4n) is 0.497. The topological polar surface area (TPSA) is 23.8 Å². The summed E-state index contributed by atoms with van der Waals surface area (Å²) < 4.78 is 12.3. The molecule has 0 bridgehead atoms. The molecular formula is C7H3FNY-. The molecular weight excluding hydrogens is 206 g/mol. The molecule has 0 heterocycles. The van der Waals surface area contributed by atoms with E-state index in [0.29, 0.717) is 0 Å². The largest absolute Gasteiger partial charge is 0.234 e. The standard InChI is InChI=1S/C7H3FN.Y/c8-7-4-2-1-3-6(7)5-9;/h2-4H;/q-1;. The van der Waals surface area contributed by atoms with Gasteiger partial charge in [0.25, 0.3) is 0 Å². The molecule has 0 saturated heterocycles. The van der Waals surface area contributed by atoms with Crippen molar-refractivity contribution in [2.75, 3.05) is 0 Å². The van der Waals surface area contributed by atoms with Crippen LogP contribution in [0.15, 0.2) is 18.2 Å². The van der Waals surface area contributed by atoms with Gasteiger partial charge in [0, 0.05) is 44.6 Å². The minimum Gasteiger partial charge on any atom is -0.234 e. The first-order valence-electron chi connectivity index (χ1n) is 2.40. The molecule has 1 aromatic carbocycles. The quantitative estimate of drug-likeness (QED) is 0.594. The van der Waals surface area contributed by atoms with E-state index >= 15 is 0 Å². The summed E-state index contributed by atoms with van der Waals surface area (Å²) in [6, 6.07) is 8.23. The number of nitriles is 1. The maximum absolute atomic E-state index is 12.3. The van der Waals surface area contributed by atoms with E-state index in [2.05, 4.69) is 6.07 Å². The van der Waals surface area contributed by atoms with E-state index in [9.17, 15) is 4.39 Å². The third-order valence-electron chi connectivity index (χ3n) is 0.931. The van der Waals surface area contributed by atoms with Crippen molar-refractivity contribution < 1.29 is 37.1 Å². The molecule has 0 spiro atoms. The fraction of sp³-hybridized carbons (Fsp3) is 0. The Balaban J connectivity index is 0.000000810. The molecule has 0 atom stereocenters. The second-order valence-electron chi connectivity index (χ2n) is 1.52. The van der Waals surface area contributed by atoms with Gasteiger partial charge in [0.1, 0.15) is 0 Å². The first-order valence-corrected chi connectivity index (χ1v) is 2.40. The van der Waals surface area contributed by atoms with Gasteiger partial charge in [-0.05, 0) is 5.56 Å². The third-order valence-corrected chi connectivity index (χ3v) is 0.931. The van der Waals surface area contributed by atoms with Crippen LogP contribution in [0.25, 0.3) is 0 Å². The first-order chi connectivity index (χ1) is 4.34. The molecule has 0 aliphatic heterocycles. The summed E-state index contributed by atoms with van der Waals surface area (Å²) in [6.45, 7) is 0. The van der Waals surface area contributed by atoms with Crippen LogP contribution in [0.5, 0.6) is 0 Å². The minimum absolute atomic E-state index is 0. The molecule has 0 aromatic heterocycles. The van der Waals surface area contributed by atoms with E-state index < -0.39 is 5.82 Å². The zero-order valence-electron chi connectivity index (χ0n) is 5.13. The molecule has 1 aromatic rings. The monoisotopic (exact) mass is 209 g/mol. The molecule has 1 rings (SSSR count). The van der Waals surface area contributed by atoms with Crippen LogP contribution in [0.4, 0.5) is 4.39 Å². The van der Waals surface area contributed by atoms with Crippen molar-refractivity contribution in [3.05, 3.63) is 35.6 Å².